The first-order chi connectivity index (χ1) is 6.18. The molecule has 84 valence electrons. The fourth-order valence-electron chi connectivity index (χ4n) is 1.13. The van der Waals surface area contributed by atoms with Crippen molar-refractivity contribution >= 4 is 15.8 Å². The van der Waals surface area contributed by atoms with Crippen LogP contribution < -0.4 is 0 Å². The molecule has 0 bridgehead atoms. The van der Waals surface area contributed by atoms with E-state index in [0.29, 0.717) is 0 Å². The first-order valence-electron chi connectivity index (χ1n) is 4.63. The molecule has 4 nitrogen and oxygen atoms in total. The second-order valence-corrected chi connectivity index (χ2v) is 6.46. The lowest BCUT2D eigenvalue weighted by Crippen LogP contribution is -2.33. The van der Waals surface area contributed by atoms with E-state index in [1.807, 2.05) is 0 Å². The van der Waals surface area contributed by atoms with Crippen LogP contribution in [0, 0.1) is 11.8 Å². The van der Waals surface area contributed by atoms with Crippen LogP contribution in [0.2, 0.25) is 0 Å². The molecule has 0 aromatic rings. The zero-order valence-corrected chi connectivity index (χ0v) is 9.84. The molecule has 0 aliphatic rings. The molecule has 0 saturated heterocycles. The van der Waals surface area contributed by atoms with E-state index in [1.54, 1.807) is 13.8 Å². The van der Waals surface area contributed by atoms with Gasteiger partial charge in [-0.3, -0.25) is 4.79 Å². The molecule has 0 amide bonds. The Labute approximate surface area is 85.2 Å². The topological polar surface area (TPSA) is 71.4 Å². The Balaban J connectivity index is 4.67. The number of sulfone groups is 1. The van der Waals surface area contributed by atoms with Crippen molar-refractivity contribution in [1.82, 2.24) is 0 Å². The maximum absolute atomic E-state index is 11.6. The molecule has 0 aliphatic heterocycles. The van der Waals surface area contributed by atoms with E-state index in [4.69, 9.17) is 5.11 Å². The van der Waals surface area contributed by atoms with Crippen molar-refractivity contribution in [2.45, 2.75) is 32.9 Å². The molecule has 2 unspecified atom stereocenters. The van der Waals surface area contributed by atoms with Crippen molar-refractivity contribution in [3.05, 3.63) is 0 Å². The molecule has 0 heterocycles. The monoisotopic (exact) mass is 222 g/mol. The van der Waals surface area contributed by atoms with E-state index >= 15 is 0 Å². The molecule has 0 aliphatic carbocycles. The molecule has 5 heteroatoms. The maximum atomic E-state index is 11.6. The Morgan fingerprint density at radius 3 is 1.93 bits per heavy atom. The SMILES string of the molecule is CC(C)CS(=O)(=O)C(C)C(C)C(=O)O. The molecule has 0 aromatic carbocycles. The smallest absolute Gasteiger partial charge is 0.307 e. The summed E-state index contributed by atoms with van der Waals surface area (Å²) >= 11 is 0. The van der Waals surface area contributed by atoms with Crippen molar-refractivity contribution in [2.24, 2.45) is 11.8 Å². The number of carbonyl (C=O) groups is 1. The Hall–Kier alpha value is -0.580. The summed E-state index contributed by atoms with van der Waals surface area (Å²) in [5.41, 5.74) is 0. The lowest BCUT2D eigenvalue weighted by atomic mass is 10.1. The van der Waals surface area contributed by atoms with Gasteiger partial charge in [-0.15, -0.1) is 0 Å². The third-order valence-corrected chi connectivity index (χ3v) is 4.90. The highest BCUT2D eigenvalue weighted by Gasteiger charge is 2.31. The quantitative estimate of drug-likeness (QED) is 0.758. The molecular formula is C9H18O4S. The van der Waals surface area contributed by atoms with Crippen molar-refractivity contribution in [1.29, 1.82) is 0 Å². The van der Waals surface area contributed by atoms with Crippen LogP contribution in [0.25, 0.3) is 0 Å². The molecule has 2 atom stereocenters. The fourth-order valence-corrected chi connectivity index (χ4v) is 3.10. The number of hydrogen-bond donors (Lipinski definition) is 1. The molecule has 0 spiro atoms. The average Bonchev–Trinajstić information content (AvgIpc) is 1.99. The van der Waals surface area contributed by atoms with Gasteiger partial charge in [0.2, 0.25) is 0 Å². The Morgan fingerprint density at radius 1 is 1.21 bits per heavy atom. The van der Waals surface area contributed by atoms with Gasteiger partial charge in [0.25, 0.3) is 0 Å². The maximum Gasteiger partial charge on any atom is 0.307 e. The summed E-state index contributed by atoms with van der Waals surface area (Å²) in [7, 11) is -3.28. The number of hydrogen-bond acceptors (Lipinski definition) is 3. The van der Waals surface area contributed by atoms with Gasteiger partial charge in [0.15, 0.2) is 9.84 Å². The van der Waals surface area contributed by atoms with Gasteiger partial charge in [-0.25, -0.2) is 8.42 Å². The summed E-state index contributed by atoms with van der Waals surface area (Å²) in [6.07, 6.45) is 0. The third-order valence-electron chi connectivity index (χ3n) is 2.23. The summed E-state index contributed by atoms with van der Waals surface area (Å²) in [6.45, 7) is 6.48. The largest absolute Gasteiger partial charge is 0.481 e. The van der Waals surface area contributed by atoms with Gasteiger partial charge < -0.3 is 5.11 Å². The zero-order valence-electron chi connectivity index (χ0n) is 9.02. The first-order valence-corrected chi connectivity index (χ1v) is 6.34. The van der Waals surface area contributed by atoms with Gasteiger partial charge in [0.05, 0.1) is 16.9 Å². The minimum absolute atomic E-state index is 0.0310. The predicted molar refractivity (Wildman–Crippen MR) is 54.9 cm³/mol. The highest BCUT2D eigenvalue weighted by Crippen LogP contribution is 2.15. The van der Waals surface area contributed by atoms with Crippen LogP contribution >= 0.6 is 0 Å². The van der Waals surface area contributed by atoms with E-state index in [-0.39, 0.29) is 11.7 Å². The molecular weight excluding hydrogens is 204 g/mol. The Morgan fingerprint density at radius 2 is 1.64 bits per heavy atom. The van der Waals surface area contributed by atoms with Gasteiger partial charge in [-0.1, -0.05) is 20.8 Å². The van der Waals surface area contributed by atoms with Crippen LogP contribution in [0.1, 0.15) is 27.7 Å². The zero-order chi connectivity index (χ0) is 11.5. The third kappa shape index (κ3) is 3.65. The van der Waals surface area contributed by atoms with E-state index in [1.165, 1.54) is 13.8 Å². The van der Waals surface area contributed by atoms with E-state index in [9.17, 15) is 13.2 Å². The van der Waals surface area contributed by atoms with Gasteiger partial charge in [-0.05, 0) is 12.8 Å². The summed E-state index contributed by atoms with van der Waals surface area (Å²) in [6, 6.07) is 0. The molecule has 0 rings (SSSR count). The second kappa shape index (κ2) is 4.77. The van der Waals surface area contributed by atoms with E-state index in [0.717, 1.165) is 0 Å². The van der Waals surface area contributed by atoms with Gasteiger partial charge in [0.1, 0.15) is 0 Å². The predicted octanol–water partition coefficient (Wildman–Crippen LogP) is 1.17. The van der Waals surface area contributed by atoms with Crippen molar-refractivity contribution in [3.63, 3.8) is 0 Å². The standard InChI is InChI=1S/C9H18O4S/c1-6(2)5-14(12,13)8(4)7(3)9(10)11/h6-8H,5H2,1-4H3,(H,10,11). The molecule has 14 heavy (non-hydrogen) atoms. The van der Waals surface area contributed by atoms with Crippen LogP contribution in [0.3, 0.4) is 0 Å². The number of rotatable bonds is 5. The van der Waals surface area contributed by atoms with Gasteiger partial charge in [-0.2, -0.15) is 0 Å². The lowest BCUT2D eigenvalue weighted by molar-refractivity contribution is -0.141. The van der Waals surface area contributed by atoms with Crippen LogP contribution in [-0.2, 0) is 14.6 Å². The number of aliphatic carboxylic acids is 1. The van der Waals surface area contributed by atoms with Crippen LogP contribution in [0.5, 0.6) is 0 Å². The minimum atomic E-state index is -3.28. The second-order valence-electron chi connectivity index (χ2n) is 4.06. The van der Waals surface area contributed by atoms with E-state index in [2.05, 4.69) is 0 Å². The normalized spacial score (nSPS) is 16.6. The molecule has 0 radical (unpaired) electrons. The molecule has 1 N–H and O–H groups in total. The highest BCUT2D eigenvalue weighted by molar-refractivity contribution is 7.92. The average molecular weight is 222 g/mol. The fraction of sp³-hybridized carbons (Fsp3) is 0.889. The van der Waals surface area contributed by atoms with Gasteiger partial charge in [0, 0.05) is 0 Å². The summed E-state index contributed by atoms with van der Waals surface area (Å²) in [5.74, 6) is -1.83. The molecule has 0 saturated carbocycles. The van der Waals surface area contributed by atoms with Crippen LogP contribution in [0.15, 0.2) is 0 Å². The van der Waals surface area contributed by atoms with Gasteiger partial charge >= 0.3 is 5.97 Å². The summed E-state index contributed by atoms with van der Waals surface area (Å²) < 4.78 is 23.2. The minimum Gasteiger partial charge on any atom is -0.481 e. The summed E-state index contributed by atoms with van der Waals surface area (Å²) in [5, 5.41) is 7.87. The van der Waals surface area contributed by atoms with Crippen LogP contribution in [-0.4, -0.2) is 30.5 Å². The number of carboxylic acids is 1. The highest BCUT2D eigenvalue weighted by atomic mass is 32.2. The van der Waals surface area contributed by atoms with Crippen molar-refractivity contribution < 1.29 is 18.3 Å². The molecule has 0 aromatic heterocycles. The van der Waals surface area contributed by atoms with Crippen molar-refractivity contribution in [2.75, 3.05) is 5.75 Å². The molecule has 0 fully saturated rings. The summed E-state index contributed by atoms with van der Waals surface area (Å²) in [4.78, 5) is 10.6. The lowest BCUT2D eigenvalue weighted by Gasteiger charge is -2.17. The van der Waals surface area contributed by atoms with Crippen LogP contribution in [0.4, 0.5) is 0 Å². The Kier molecular flexibility index (Phi) is 4.58. The first kappa shape index (κ1) is 13.4. The van der Waals surface area contributed by atoms with Crippen molar-refractivity contribution in [3.8, 4) is 0 Å². The Bertz CT molecular complexity index is 292. The number of carboxylic acid groups (broad SMARTS) is 1. The van der Waals surface area contributed by atoms with E-state index < -0.39 is 27.0 Å².